The summed E-state index contributed by atoms with van der Waals surface area (Å²) in [4.78, 5) is 34.9. The van der Waals surface area contributed by atoms with Gasteiger partial charge in [0.1, 0.15) is 11.1 Å². The summed E-state index contributed by atoms with van der Waals surface area (Å²) < 4.78 is 6.86. The van der Waals surface area contributed by atoms with Crippen molar-refractivity contribution >= 4 is 33.4 Å². The Morgan fingerprint density at radius 2 is 1.74 bits per heavy atom. The van der Waals surface area contributed by atoms with Crippen LogP contribution in [0, 0.1) is 0 Å². The van der Waals surface area contributed by atoms with E-state index in [0.717, 1.165) is 41.3 Å². The molecule has 0 aliphatic carbocycles. The average molecular weight is 484 g/mol. The number of aromatic nitrogens is 1. The van der Waals surface area contributed by atoms with Gasteiger partial charge >= 0.3 is 5.97 Å². The first-order valence-electron chi connectivity index (χ1n) is 11.9. The minimum absolute atomic E-state index is 0.0163. The number of rotatable bonds is 4. The summed E-state index contributed by atoms with van der Waals surface area (Å²) in [6, 6.07) is 23.3. The standard InChI is InChI=1S/C28H25N3O3S/c32-27(31-14-12-30(13-15-31)18-26-29-23-8-4-5-9-25(23)35-26)20-10-11-22-21(16-20)17-24(34-28(22)33)19-6-2-1-3-7-19/h1-11,16,24H,12-15,17-18H2/t24-/m0/s1. The van der Waals surface area contributed by atoms with Crippen LogP contribution in [0.2, 0.25) is 0 Å². The van der Waals surface area contributed by atoms with Crippen LogP contribution in [-0.2, 0) is 17.7 Å². The Bertz CT molecular complexity index is 1360. The minimum Gasteiger partial charge on any atom is -0.454 e. The van der Waals surface area contributed by atoms with E-state index in [9.17, 15) is 9.59 Å². The molecule has 35 heavy (non-hydrogen) atoms. The smallest absolute Gasteiger partial charge is 0.339 e. The molecule has 176 valence electrons. The molecule has 2 aliphatic rings. The lowest BCUT2D eigenvalue weighted by Crippen LogP contribution is -2.48. The highest BCUT2D eigenvalue weighted by atomic mass is 32.1. The van der Waals surface area contributed by atoms with Gasteiger partial charge in [-0.1, -0.05) is 42.5 Å². The van der Waals surface area contributed by atoms with Crippen LogP contribution >= 0.6 is 11.3 Å². The minimum atomic E-state index is -0.331. The Morgan fingerprint density at radius 3 is 2.54 bits per heavy atom. The second kappa shape index (κ2) is 9.24. The fourth-order valence-corrected chi connectivity index (χ4v) is 5.86. The molecule has 0 unspecified atom stereocenters. The first kappa shape index (κ1) is 21.9. The number of carbonyl (C=O) groups excluding carboxylic acids is 2. The van der Waals surface area contributed by atoms with Crippen molar-refractivity contribution in [2.75, 3.05) is 26.2 Å². The van der Waals surface area contributed by atoms with Crippen LogP contribution in [0.5, 0.6) is 0 Å². The second-order valence-corrected chi connectivity index (χ2v) is 10.1. The molecule has 6 rings (SSSR count). The highest BCUT2D eigenvalue weighted by Crippen LogP contribution is 2.31. The van der Waals surface area contributed by atoms with E-state index < -0.39 is 0 Å². The number of amides is 1. The van der Waals surface area contributed by atoms with Gasteiger partial charge in [0.2, 0.25) is 0 Å². The zero-order chi connectivity index (χ0) is 23.8. The van der Waals surface area contributed by atoms with Gasteiger partial charge in [-0.3, -0.25) is 9.69 Å². The first-order chi connectivity index (χ1) is 17.1. The molecule has 1 amide bonds. The molecular formula is C28H25N3O3S. The van der Waals surface area contributed by atoms with Crippen LogP contribution in [0.15, 0.2) is 72.8 Å². The quantitative estimate of drug-likeness (QED) is 0.394. The van der Waals surface area contributed by atoms with Crippen LogP contribution in [-0.4, -0.2) is 52.8 Å². The molecule has 2 aliphatic heterocycles. The van der Waals surface area contributed by atoms with E-state index in [1.807, 2.05) is 59.5 Å². The van der Waals surface area contributed by atoms with Gasteiger partial charge in [0.05, 0.1) is 22.3 Å². The second-order valence-electron chi connectivity index (χ2n) is 9.02. The molecule has 7 heteroatoms. The van der Waals surface area contributed by atoms with Gasteiger partial charge in [0, 0.05) is 38.2 Å². The lowest BCUT2D eigenvalue weighted by Gasteiger charge is -2.34. The highest BCUT2D eigenvalue weighted by Gasteiger charge is 2.29. The molecule has 0 bridgehead atoms. The fraction of sp³-hybridized carbons (Fsp3) is 0.250. The zero-order valence-electron chi connectivity index (χ0n) is 19.2. The van der Waals surface area contributed by atoms with Crippen LogP contribution in [0.3, 0.4) is 0 Å². The first-order valence-corrected chi connectivity index (χ1v) is 12.7. The normalized spacial score (nSPS) is 18.3. The van der Waals surface area contributed by atoms with Crippen molar-refractivity contribution < 1.29 is 14.3 Å². The third kappa shape index (κ3) is 4.45. The predicted molar refractivity (Wildman–Crippen MR) is 136 cm³/mol. The third-order valence-electron chi connectivity index (χ3n) is 6.75. The SMILES string of the molecule is O=C1O[C@H](c2ccccc2)Cc2cc(C(=O)N3CCN(Cc4nc5ccccc5s4)CC3)ccc21. The molecule has 3 heterocycles. The number of fused-ring (bicyclic) bond motifs is 2. The van der Waals surface area contributed by atoms with Gasteiger partial charge in [0.25, 0.3) is 5.91 Å². The van der Waals surface area contributed by atoms with Crippen molar-refractivity contribution in [2.24, 2.45) is 0 Å². The van der Waals surface area contributed by atoms with E-state index in [2.05, 4.69) is 11.0 Å². The summed E-state index contributed by atoms with van der Waals surface area (Å²) in [6.07, 6.45) is 0.245. The molecule has 1 fully saturated rings. The maximum Gasteiger partial charge on any atom is 0.339 e. The van der Waals surface area contributed by atoms with Crippen molar-refractivity contribution in [1.29, 1.82) is 0 Å². The lowest BCUT2D eigenvalue weighted by atomic mass is 9.93. The maximum atomic E-state index is 13.3. The molecule has 0 saturated carbocycles. The molecule has 0 N–H and O–H groups in total. The number of hydrogen-bond donors (Lipinski definition) is 0. The molecule has 0 radical (unpaired) electrons. The number of ether oxygens (including phenoxy) is 1. The van der Waals surface area contributed by atoms with Gasteiger partial charge in [-0.05, 0) is 41.5 Å². The summed E-state index contributed by atoms with van der Waals surface area (Å²) in [6.45, 7) is 3.79. The Morgan fingerprint density at radius 1 is 0.971 bits per heavy atom. The van der Waals surface area contributed by atoms with Crippen LogP contribution < -0.4 is 0 Å². The van der Waals surface area contributed by atoms with Gasteiger partial charge in [-0.2, -0.15) is 0 Å². The van der Waals surface area contributed by atoms with E-state index in [4.69, 9.17) is 9.72 Å². The zero-order valence-corrected chi connectivity index (χ0v) is 20.0. The van der Waals surface area contributed by atoms with E-state index in [0.29, 0.717) is 30.6 Å². The molecule has 4 aromatic rings. The summed E-state index contributed by atoms with van der Waals surface area (Å²) in [5, 5.41) is 1.11. The Balaban J connectivity index is 1.12. The van der Waals surface area contributed by atoms with Gasteiger partial charge in [-0.25, -0.2) is 9.78 Å². The molecular weight excluding hydrogens is 458 g/mol. The van der Waals surface area contributed by atoms with Crippen LogP contribution in [0.1, 0.15) is 43.0 Å². The largest absolute Gasteiger partial charge is 0.454 e. The van der Waals surface area contributed by atoms with E-state index in [1.165, 1.54) is 4.70 Å². The fourth-order valence-electron chi connectivity index (χ4n) is 4.85. The van der Waals surface area contributed by atoms with Crippen LogP contribution in [0.4, 0.5) is 0 Å². The topological polar surface area (TPSA) is 62.7 Å². The molecule has 6 nitrogen and oxygen atoms in total. The van der Waals surface area contributed by atoms with Crippen molar-refractivity contribution in [3.8, 4) is 0 Å². The van der Waals surface area contributed by atoms with E-state index in [-0.39, 0.29) is 18.0 Å². The number of piperazine rings is 1. The van der Waals surface area contributed by atoms with Gasteiger partial charge in [0.15, 0.2) is 0 Å². The highest BCUT2D eigenvalue weighted by molar-refractivity contribution is 7.18. The Labute approximate surface area is 207 Å². The number of cyclic esters (lactones) is 1. The monoisotopic (exact) mass is 483 g/mol. The van der Waals surface area contributed by atoms with E-state index >= 15 is 0 Å². The maximum absolute atomic E-state index is 13.3. The summed E-state index contributed by atoms with van der Waals surface area (Å²) in [7, 11) is 0. The Kier molecular flexibility index (Phi) is 5.80. The van der Waals surface area contributed by atoms with Crippen molar-refractivity contribution in [3.05, 3.63) is 100 Å². The number of nitrogens with zero attached hydrogens (tertiary/aromatic N) is 3. The number of benzene rings is 3. The van der Waals surface area contributed by atoms with E-state index in [1.54, 1.807) is 23.5 Å². The number of carbonyl (C=O) groups is 2. The molecule has 3 aromatic carbocycles. The summed E-state index contributed by atoms with van der Waals surface area (Å²) in [5.41, 5.74) is 4.06. The third-order valence-corrected chi connectivity index (χ3v) is 7.78. The number of thiazole rings is 1. The molecule has 0 spiro atoms. The Hall–Kier alpha value is -3.55. The predicted octanol–water partition coefficient (Wildman–Crippen LogP) is 4.71. The molecule has 1 atom stereocenters. The van der Waals surface area contributed by atoms with Gasteiger partial charge in [-0.15, -0.1) is 11.3 Å². The van der Waals surface area contributed by atoms with Crippen LogP contribution in [0.25, 0.3) is 10.2 Å². The van der Waals surface area contributed by atoms with Crippen molar-refractivity contribution in [1.82, 2.24) is 14.8 Å². The number of esters is 1. The number of para-hydroxylation sites is 1. The molecule has 1 aromatic heterocycles. The van der Waals surface area contributed by atoms with Crippen molar-refractivity contribution in [3.63, 3.8) is 0 Å². The summed E-state index contributed by atoms with van der Waals surface area (Å²) >= 11 is 1.74. The van der Waals surface area contributed by atoms with Gasteiger partial charge < -0.3 is 9.64 Å². The lowest BCUT2D eigenvalue weighted by molar-refractivity contribution is 0.0252. The number of hydrogen-bond acceptors (Lipinski definition) is 6. The van der Waals surface area contributed by atoms with Crippen molar-refractivity contribution in [2.45, 2.75) is 19.1 Å². The summed E-state index contributed by atoms with van der Waals surface area (Å²) in [5.74, 6) is -0.315. The molecule has 1 saturated heterocycles. The average Bonchev–Trinajstić information content (AvgIpc) is 3.31.